The van der Waals surface area contributed by atoms with Crippen molar-refractivity contribution in [2.75, 3.05) is 11.5 Å². The third-order valence-corrected chi connectivity index (χ3v) is 2.55. The molecule has 8 N–H and O–H groups in total. The number of anilines is 2. The van der Waals surface area contributed by atoms with Gasteiger partial charge in [0, 0.05) is 11.4 Å². The van der Waals surface area contributed by atoms with Gasteiger partial charge in [0.2, 0.25) is 0 Å². The van der Waals surface area contributed by atoms with Gasteiger partial charge in [-0.25, -0.2) is 9.98 Å². The molecule has 0 radical (unpaired) electrons. The Morgan fingerprint density at radius 2 is 0.900 bits per heavy atom. The second-order valence-corrected chi connectivity index (χ2v) is 4.18. The summed E-state index contributed by atoms with van der Waals surface area (Å²) in [7, 11) is 0. The zero-order chi connectivity index (χ0) is 14.5. The lowest BCUT2D eigenvalue weighted by molar-refractivity contribution is 1.44. The van der Waals surface area contributed by atoms with Crippen molar-refractivity contribution in [2.24, 2.45) is 21.5 Å². The number of hydrogen-bond donors (Lipinski definition) is 4. The smallest absolute Gasteiger partial charge is 0.166 e. The van der Waals surface area contributed by atoms with Gasteiger partial charge >= 0.3 is 0 Å². The second kappa shape index (κ2) is 5.75. The van der Waals surface area contributed by atoms with Crippen LogP contribution in [-0.2, 0) is 0 Å². The van der Waals surface area contributed by atoms with Crippen LogP contribution in [0.25, 0.3) is 0 Å². The summed E-state index contributed by atoms with van der Waals surface area (Å²) >= 11 is 0. The monoisotopic (exact) mass is 268 g/mol. The summed E-state index contributed by atoms with van der Waals surface area (Å²) in [4.78, 5) is 8.34. The van der Waals surface area contributed by atoms with Gasteiger partial charge in [0.1, 0.15) is 0 Å². The average molecular weight is 268 g/mol. The van der Waals surface area contributed by atoms with Gasteiger partial charge in [-0.2, -0.15) is 0 Å². The molecule has 2 aromatic rings. The third-order valence-electron chi connectivity index (χ3n) is 2.55. The van der Waals surface area contributed by atoms with Gasteiger partial charge < -0.3 is 22.9 Å². The van der Waals surface area contributed by atoms with Crippen LogP contribution in [0.3, 0.4) is 0 Å². The molecule has 0 amide bonds. The molecular weight excluding hydrogens is 252 g/mol. The SMILES string of the molecule is NC(=Nc1ccc(N)cc1)C(N)=Nc1ccc(N)cc1. The van der Waals surface area contributed by atoms with Crippen molar-refractivity contribution < 1.29 is 0 Å². The Balaban J connectivity index is 2.21. The third kappa shape index (κ3) is 3.49. The standard InChI is InChI=1S/C14H16N6/c15-9-1-5-11(6-2-9)19-13(17)14(18)20-12-7-3-10(16)4-8-12/h1-8H,15-16H2,(H2,17,19)(H2,18,20). The molecule has 0 heterocycles. The molecule has 0 aliphatic heterocycles. The van der Waals surface area contributed by atoms with Gasteiger partial charge in [0.25, 0.3) is 0 Å². The number of benzene rings is 2. The van der Waals surface area contributed by atoms with Gasteiger partial charge in [-0.05, 0) is 48.5 Å². The Morgan fingerprint density at radius 3 is 1.20 bits per heavy atom. The Hall–Kier alpha value is -3.02. The molecule has 102 valence electrons. The maximum absolute atomic E-state index is 5.80. The van der Waals surface area contributed by atoms with E-state index in [0.29, 0.717) is 22.7 Å². The van der Waals surface area contributed by atoms with Crippen LogP contribution < -0.4 is 22.9 Å². The molecule has 2 rings (SSSR count). The second-order valence-electron chi connectivity index (χ2n) is 4.18. The molecule has 20 heavy (non-hydrogen) atoms. The number of nitrogen functional groups attached to an aromatic ring is 2. The van der Waals surface area contributed by atoms with Crippen molar-refractivity contribution >= 4 is 34.4 Å². The minimum absolute atomic E-state index is 0.145. The van der Waals surface area contributed by atoms with Crippen molar-refractivity contribution in [3.05, 3.63) is 48.5 Å². The maximum Gasteiger partial charge on any atom is 0.166 e. The van der Waals surface area contributed by atoms with Crippen molar-refractivity contribution in [2.45, 2.75) is 0 Å². The predicted octanol–water partition coefficient (Wildman–Crippen LogP) is 1.53. The Kier molecular flexibility index (Phi) is 3.85. The van der Waals surface area contributed by atoms with E-state index in [1.807, 2.05) is 0 Å². The fourth-order valence-corrected chi connectivity index (χ4v) is 1.49. The molecule has 0 spiro atoms. The summed E-state index contributed by atoms with van der Waals surface area (Å²) in [5.74, 6) is 0.290. The minimum atomic E-state index is 0.145. The summed E-state index contributed by atoms with van der Waals surface area (Å²) in [6.07, 6.45) is 0. The van der Waals surface area contributed by atoms with Crippen LogP contribution >= 0.6 is 0 Å². The van der Waals surface area contributed by atoms with E-state index in [0.717, 1.165) is 0 Å². The van der Waals surface area contributed by atoms with E-state index in [1.54, 1.807) is 48.5 Å². The number of nitrogens with two attached hydrogens (primary N) is 4. The first-order valence-corrected chi connectivity index (χ1v) is 5.94. The predicted molar refractivity (Wildman–Crippen MR) is 84.3 cm³/mol. The van der Waals surface area contributed by atoms with Crippen LogP contribution in [0.4, 0.5) is 22.7 Å². The van der Waals surface area contributed by atoms with E-state index in [9.17, 15) is 0 Å². The van der Waals surface area contributed by atoms with Crippen molar-refractivity contribution in [1.82, 2.24) is 0 Å². The van der Waals surface area contributed by atoms with Crippen LogP contribution in [0.2, 0.25) is 0 Å². The molecule has 0 fully saturated rings. The summed E-state index contributed by atoms with van der Waals surface area (Å²) in [6.45, 7) is 0. The number of amidine groups is 2. The quantitative estimate of drug-likeness (QED) is 0.374. The summed E-state index contributed by atoms with van der Waals surface area (Å²) in [5.41, 5.74) is 25.4. The highest BCUT2D eigenvalue weighted by Gasteiger charge is 2.00. The van der Waals surface area contributed by atoms with Crippen molar-refractivity contribution in [3.8, 4) is 0 Å². The van der Waals surface area contributed by atoms with E-state index in [1.165, 1.54) is 0 Å². The molecule has 0 atom stereocenters. The van der Waals surface area contributed by atoms with E-state index in [2.05, 4.69) is 9.98 Å². The molecule has 0 aromatic heterocycles. The normalized spacial score (nSPS) is 12.4. The molecule has 0 aliphatic rings. The van der Waals surface area contributed by atoms with Gasteiger partial charge in [-0.3, -0.25) is 0 Å². The van der Waals surface area contributed by atoms with Crippen LogP contribution in [0.1, 0.15) is 0 Å². The minimum Gasteiger partial charge on any atom is -0.399 e. The summed E-state index contributed by atoms with van der Waals surface area (Å²) < 4.78 is 0. The van der Waals surface area contributed by atoms with E-state index >= 15 is 0 Å². The Labute approximate surface area is 116 Å². The number of hydrogen-bond acceptors (Lipinski definition) is 4. The zero-order valence-electron chi connectivity index (χ0n) is 10.8. The molecule has 0 bridgehead atoms. The van der Waals surface area contributed by atoms with E-state index in [4.69, 9.17) is 22.9 Å². The highest BCUT2D eigenvalue weighted by atomic mass is 15.0. The van der Waals surface area contributed by atoms with Crippen molar-refractivity contribution in [1.29, 1.82) is 0 Å². The van der Waals surface area contributed by atoms with Crippen LogP contribution in [-0.4, -0.2) is 11.7 Å². The lowest BCUT2D eigenvalue weighted by Gasteiger charge is -2.02. The highest BCUT2D eigenvalue weighted by Crippen LogP contribution is 2.15. The van der Waals surface area contributed by atoms with Gasteiger partial charge in [-0.1, -0.05) is 0 Å². The first-order valence-electron chi connectivity index (χ1n) is 5.94. The molecule has 6 heteroatoms. The van der Waals surface area contributed by atoms with E-state index in [-0.39, 0.29) is 11.7 Å². The lowest BCUT2D eigenvalue weighted by atomic mass is 10.3. The number of aliphatic imine (C=N–C) groups is 2. The maximum atomic E-state index is 5.80. The molecule has 6 nitrogen and oxygen atoms in total. The highest BCUT2D eigenvalue weighted by molar-refractivity contribution is 6.40. The summed E-state index contributed by atoms with van der Waals surface area (Å²) in [5, 5.41) is 0. The topological polar surface area (TPSA) is 129 Å². The molecule has 0 aliphatic carbocycles. The zero-order valence-corrected chi connectivity index (χ0v) is 10.8. The van der Waals surface area contributed by atoms with Gasteiger partial charge in [0.15, 0.2) is 11.7 Å². The average Bonchev–Trinajstić information content (AvgIpc) is 2.44. The summed E-state index contributed by atoms with van der Waals surface area (Å²) in [6, 6.07) is 13.9. The molecule has 0 saturated heterocycles. The van der Waals surface area contributed by atoms with Crippen molar-refractivity contribution in [3.63, 3.8) is 0 Å². The van der Waals surface area contributed by atoms with E-state index < -0.39 is 0 Å². The molecular formula is C14H16N6. The first kappa shape index (κ1) is 13.4. The van der Waals surface area contributed by atoms with Gasteiger partial charge in [-0.15, -0.1) is 0 Å². The van der Waals surface area contributed by atoms with Crippen LogP contribution in [0.15, 0.2) is 58.5 Å². The molecule has 2 aromatic carbocycles. The number of rotatable bonds is 2. The number of nitrogens with zero attached hydrogens (tertiary/aromatic N) is 2. The fourth-order valence-electron chi connectivity index (χ4n) is 1.49. The lowest BCUT2D eigenvalue weighted by Crippen LogP contribution is -2.30. The fraction of sp³-hybridized carbons (Fsp3) is 0. The van der Waals surface area contributed by atoms with Crippen LogP contribution in [0, 0.1) is 0 Å². The van der Waals surface area contributed by atoms with Gasteiger partial charge in [0.05, 0.1) is 11.4 Å². The molecule has 0 unspecified atom stereocenters. The largest absolute Gasteiger partial charge is 0.399 e. The first-order chi connectivity index (χ1) is 9.54. The Morgan fingerprint density at radius 1 is 0.600 bits per heavy atom. The Bertz CT molecular complexity index is 581. The molecule has 0 saturated carbocycles. The van der Waals surface area contributed by atoms with Crippen LogP contribution in [0.5, 0.6) is 0 Å².